The molecule has 0 saturated heterocycles. The van der Waals surface area contributed by atoms with Crippen LogP contribution in [0.25, 0.3) is 215 Å². The summed E-state index contributed by atoms with van der Waals surface area (Å²) in [5.41, 5.74) is 32.3. The van der Waals surface area contributed by atoms with Gasteiger partial charge in [0.1, 0.15) is 0 Å². The zero-order chi connectivity index (χ0) is 88.3. The largest absolute Gasteiger partial charge is 0.310 e. The molecule has 0 aliphatic carbocycles. The molecule has 0 atom stereocenters. The van der Waals surface area contributed by atoms with Crippen LogP contribution >= 0.6 is 0 Å². The van der Waals surface area contributed by atoms with E-state index in [2.05, 4.69) is 540 Å². The second-order valence-electron chi connectivity index (χ2n) is 34.5. The molecule has 9 heteroatoms. The van der Waals surface area contributed by atoms with Crippen molar-refractivity contribution in [2.24, 2.45) is 0 Å². The van der Waals surface area contributed by atoms with Gasteiger partial charge in [-0.15, -0.1) is 0 Å². The van der Waals surface area contributed by atoms with E-state index in [4.69, 9.17) is 4.98 Å². The molecule has 0 aliphatic rings. The molecule has 28 aromatic rings. The van der Waals surface area contributed by atoms with Gasteiger partial charge in [-0.05, 0) is 212 Å². The summed E-state index contributed by atoms with van der Waals surface area (Å²) in [5, 5.41) is 17.7. The first-order valence-electron chi connectivity index (χ1n) is 45.8. The summed E-state index contributed by atoms with van der Waals surface area (Å²) in [6, 6.07) is 181. The topological polar surface area (TPSA) is 50.6 Å². The van der Waals surface area contributed by atoms with Crippen molar-refractivity contribution in [1.29, 1.82) is 0 Å². The molecule has 8 heterocycles. The first-order chi connectivity index (χ1) is 66.5. The van der Waals surface area contributed by atoms with Gasteiger partial charge in [-0.2, -0.15) is 0 Å². The van der Waals surface area contributed by atoms with E-state index in [0.717, 1.165) is 68.0 Å². The lowest BCUT2D eigenvalue weighted by molar-refractivity contribution is 1.13. The minimum absolute atomic E-state index is 0.951. The third-order valence-corrected chi connectivity index (χ3v) is 27.1. The van der Waals surface area contributed by atoms with Crippen LogP contribution in [0.4, 0.5) is 17.1 Å². The lowest BCUT2D eigenvalue weighted by Crippen LogP contribution is -2.10. The molecular weight excluding hydrogens is 1630 g/mol. The van der Waals surface area contributed by atoms with Gasteiger partial charge in [-0.1, -0.05) is 291 Å². The summed E-state index contributed by atoms with van der Waals surface area (Å²) >= 11 is 0. The number of rotatable bonds is 12. The molecule has 0 saturated carbocycles. The van der Waals surface area contributed by atoms with Crippen molar-refractivity contribution in [2.45, 2.75) is 0 Å². The van der Waals surface area contributed by atoms with E-state index in [1.54, 1.807) is 0 Å². The summed E-state index contributed by atoms with van der Waals surface area (Å²) in [6.07, 6.45) is 0. The van der Waals surface area contributed by atoms with Crippen molar-refractivity contribution >= 4 is 170 Å². The van der Waals surface area contributed by atoms with Crippen molar-refractivity contribution in [3.05, 3.63) is 504 Å². The first-order valence-corrected chi connectivity index (χ1v) is 45.8. The Labute approximate surface area is 772 Å². The average Bonchev–Trinajstić information content (AvgIpc) is 1.59. The minimum Gasteiger partial charge on any atom is -0.310 e. The SMILES string of the molecule is c1cc(-c2cccc(-c3cccc(-n4c5ccccc5c5ccccc54)c3)n2)cc(-n2c3ccccc3c3ccccc32)c1.c1cc(-n2c3ccccc3c3ccccc32)cc(-n2c3ccccc3c3ccccc32)c1.c1ccc2c(c1)c1ccccc1n2-c1ccc(N(c2ccc(-n3c4ccccc4c4ccccc43)cc2)c2ccc(-n3c4ccccc4c4ccccc43)cc2)cc1. The molecule has 0 unspecified atom stereocenters. The third kappa shape index (κ3) is 12.7. The van der Waals surface area contributed by atoms with Crippen LogP contribution in [0.15, 0.2) is 504 Å². The van der Waals surface area contributed by atoms with Crippen LogP contribution in [-0.4, -0.2) is 37.0 Å². The number of fused-ring (bicyclic) bond motifs is 21. The fraction of sp³-hybridized carbons (Fsp3) is 0. The fourth-order valence-corrected chi connectivity index (χ4v) is 21.2. The second-order valence-corrected chi connectivity index (χ2v) is 34.5. The maximum atomic E-state index is 5.19. The van der Waals surface area contributed by atoms with Gasteiger partial charge in [0.2, 0.25) is 0 Å². The predicted octanol–water partition coefficient (Wildman–Crippen LogP) is 32.9. The molecule has 8 aromatic heterocycles. The Kier molecular flexibility index (Phi) is 18.4. The van der Waals surface area contributed by atoms with Crippen LogP contribution in [0.2, 0.25) is 0 Å². The maximum absolute atomic E-state index is 5.19. The minimum atomic E-state index is 0.951. The van der Waals surface area contributed by atoms with E-state index in [-0.39, 0.29) is 0 Å². The van der Waals surface area contributed by atoms with Crippen molar-refractivity contribution in [3.8, 4) is 62.3 Å². The zero-order valence-corrected chi connectivity index (χ0v) is 72.9. The van der Waals surface area contributed by atoms with E-state index < -0.39 is 0 Å². The molecular formula is C125H83N9. The van der Waals surface area contributed by atoms with Gasteiger partial charge >= 0.3 is 0 Å². The van der Waals surface area contributed by atoms with Crippen LogP contribution < -0.4 is 4.90 Å². The van der Waals surface area contributed by atoms with Gasteiger partial charge in [-0.3, -0.25) is 0 Å². The van der Waals surface area contributed by atoms with Crippen LogP contribution in [0.5, 0.6) is 0 Å². The van der Waals surface area contributed by atoms with Gasteiger partial charge in [-0.25, -0.2) is 4.98 Å². The van der Waals surface area contributed by atoms with E-state index in [1.807, 2.05) is 0 Å². The van der Waals surface area contributed by atoms with Gasteiger partial charge in [0, 0.05) is 143 Å². The maximum Gasteiger partial charge on any atom is 0.0710 e. The van der Waals surface area contributed by atoms with Crippen molar-refractivity contribution in [2.75, 3.05) is 4.90 Å². The van der Waals surface area contributed by atoms with Crippen LogP contribution in [0.3, 0.4) is 0 Å². The zero-order valence-electron chi connectivity index (χ0n) is 72.9. The normalized spacial score (nSPS) is 11.7. The number of nitrogens with zero attached hydrogens (tertiary/aromatic N) is 9. The average molecular weight is 1710 g/mol. The standard InChI is InChI=1S/C54H36N4.C41H27N3.C30H20N2/c1-7-19-49-43(13-1)44-14-2-8-20-50(44)56(49)40-31-25-37(26-32-40)55(38-27-33-41(34-28-38)57-51-21-9-3-15-45(51)46-16-4-10-22-52(46)57)39-29-35-42(36-30-39)58-53-23-11-5-17-47(53)48-18-6-12-24-54(48)58;1-5-22-38-32(16-1)33-17-2-6-23-39(33)43(38)30-14-9-12-28(26-30)36-20-11-21-37(42-36)29-13-10-15-31(27-29)44-40-24-7-3-18-34(40)35-19-4-8-25-41(35)44;1-5-16-27-23(12-1)24-13-2-6-17-28(24)31(27)21-10-9-11-22(20-21)32-29-18-7-3-14-25(29)26-15-4-8-19-30(26)32/h1-36H;1-27H;1-20H. The molecule has 0 spiro atoms. The molecule has 9 nitrogen and oxygen atoms in total. The quantitative estimate of drug-likeness (QED) is 0.122. The van der Waals surface area contributed by atoms with Gasteiger partial charge < -0.3 is 36.9 Å². The first kappa shape index (κ1) is 77.1. The Bertz CT molecular complexity index is 8430. The van der Waals surface area contributed by atoms with E-state index >= 15 is 0 Å². The van der Waals surface area contributed by atoms with Crippen molar-refractivity contribution < 1.29 is 0 Å². The summed E-state index contributed by atoms with van der Waals surface area (Å²) < 4.78 is 16.6. The second kappa shape index (κ2) is 32.0. The van der Waals surface area contributed by atoms with Gasteiger partial charge in [0.25, 0.3) is 0 Å². The molecule has 0 amide bonds. The van der Waals surface area contributed by atoms with E-state index in [1.165, 1.54) is 164 Å². The molecule has 0 fully saturated rings. The van der Waals surface area contributed by atoms with E-state index in [0.29, 0.717) is 0 Å². The number of hydrogen-bond acceptors (Lipinski definition) is 2. The van der Waals surface area contributed by atoms with Crippen molar-refractivity contribution in [1.82, 2.24) is 37.0 Å². The van der Waals surface area contributed by atoms with Crippen molar-refractivity contribution in [3.63, 3.8) is 0 Å². The predicted molar refractivity (Wildman–Crippen MR) is 563 cm³/mol. The number of anilines is 3. The van der Waals surface area contributed by atoms with Crippen LogP contribution in [-0.2, 0) is 0 Å². The highest BCUT2D eigenvalue weighted by atomic mass is 15.1. The highest BCUT2D eigenvalue weighted by molar-refractivity contribution is 6.15. The Morgan fingerprint density at radius 2 is 0.284 bits per heavy atom. The smallest absolute Gasteiger partial charge is 0.0710 e. The summed E-state index contributed by atoms with van der Waals surface area (Å²) in [5.74, 6) is 0. The number of pyridine rings is 1. The lowest BCUT2D eigenvalue weighted by Gasteiger charge is -2.26. The summed E-state index contributed by atoms with van der Waals surface area (Å²) in [7, 11) is 0. The van der Waals surface area contributed by atoms with Gasteiger partial charge in [0.05, 0.1) is 88.6 Å². The molecule has 28 rings (SSSR count). The Morgan fingerprint density at radius 3 is 0.478 bits per heavy atom. The molecule has 0 aliphatic heterocycles. The third-order valence-electron chi connectivity index (χ3n) is 27.1. The van der Waals surface area contributed by atoms with Crippen LogP contribution in [0, 0.1) is 0 Å². The molecule has 134 heavy (non-hydrogen) atoms. The Balaban J connectivity index is 0.000000109. The number of hydrogen-bond donors (Lipinski definition) is 0. The Hall–Kier alpha value is -18.1. The summed E-state index contributed by atoms with van der Waals surface area (Å²) in [6.45, 7) is 0. The lowest BCUT2D eigenvalue weighted by atomic mass is 10.1. The Morgan fingerprint density at radius 1 is 0.127 bits per heavy atom. The number of para-hydroxylation sites is 14. The highest BCUT2D eigenvalue weighted by Gasteiger charge is 2.23. The van der Waals surface area contributed by atoms with E-state index in [9.17, 15) is 0 Å². The number of benzene rings is 20. The number of aromatic nitrogens is 8. The molecule has 628 valence electrons. The van der Waals surface area contributed by atoms with Crippen LogP contribution in [0.1, 0.15) is 0 Å². The molecule has 0 N–H and O–H groups in total. The molecule has 20 aromatic carbocycles. The fourth-order valence-electron chi connectivity index (χ4n) is 21.2. The molecule has 0 radical (unpaired) electrons. The monoisotopic (exact) mass is 1710 g/mol. The highest BCUT2D eigenvalue weighted by Crippen LogP contribution is 2.44. The molecule has 0 bridgehead atoms. The summed E-state index contributed by atoms with van der Waals surface area (Å²) in [4.78, 5) is 7.55. The van der Waals surface area contributed by atoms with Gasteiger partial charge in [0.15, 0.2) is 0 Å².